The Morgan fingerprint density at radius 1 is 1.10 bits per heavy atom. The number of methoxy groups -OCH3 is 2. The van der Waals surface area contributed by atoms with E-state index < -0.39 is 0 Å². The molecule has 0 aliphatic heterocycles. The zero-order valence-corrected chi connectivity index (χ0v) is 17.2. The Labute approximate surface area is 174 Å². The molecule has 1 saturated carbocycles. The number of rotatable bonds is 7. The molecule has 29 heavy (non-hydrogen) atoms. The Morgan fingerprint density at radius 3 is 2.45 bits per heavy atom. The van der Waals surface area contributed by atoms with E-state index in [4.69, 9.17) is 25.8 Å². The maximum absolute atomic E-state index is 12.2. The number of hydrogen-bond acceptors (Lipinski definition) is 6. The molecule has 2 aromatic rings. The lowest BCUT2D eigenvalue weighted by Gasteiger charge is -2.28. The number of aromatic nitrogens is 2. The number of urea groups is 1. The van der Waals surface area contributed by atoms with E-state index in [0.717, 1.165) is 31.2 Å². The summed E-state index contributed by atoms with van der Waals surface area (Å²) in [7, 11) is 3.17. The number of amides is 2. The summed E-state index contributed by atoms with van der Waals surface area (Å²) in [5, 5.41) is 6.38. The maximum atomic E-state index is 12.2. The fraction of sp³-hybridized carbons (Fsp3) is 0.450. The van der Waals surface area contributed by atoms with Crippen molar-refractivity contribution in [1.29, 1.82) is 0 Å². The van der Waals surface area contributed by atoms with E-state index in [1.54, 1.807) is 14.2 Å². The predicted molar refractivity (Wildman–Crippen MR) is 109 cm³/mol. The quantitative estimate of drug-likeness (QED) is 0.713. The van der Waals surface area contributed by atoms with Gasteiger partial charge in [-0.15, -0.1) is 0 Å². The zero-order valence-electron chi connectivity index (χ0n) is 16.5. The summed E-state index contributed by atoms with van der Waals surface area (Å²) < 4.78 is 16.3. The van der Waals surface area contributed by atoms with Crippen LogP contribution in [0.15, 0.2) is 30.6 Å². The molecule has 1 aliphatic rings. The molecule has 0 bridgehead atoms. The van der Waals surface area contributed by atoms with Gasteiger partial charge in [0.05, 0.1) is 31.6 Å². The van der Waals surface area contributed by atoms with E-state index in [1.165, 1.54) is 12.4 Å². The van der Waals surface area contributed by atoms with E-state index in [-0.39, 0.29) is 18.2 Å². The van der Waals surface area contributed by atoms with Gasteiger partial charge < -0.3 is 24.8 Å². The highest BCUT2D eigenvalue weighted by atomic mass is 35.5. The topological polar surface area (TPSA) is 94.6 Å². The van der Waals surface area contributed by atoms with Gasteiger partial charge in [-0.1, -0.05) is 17.7 Å². The summed E-state index contributed by atoms with van der Waals surface area (Å²) in [5.41, 5.74) is 0.929. The van der Waals surface area contributed by atoms with E-state index >= 15 is 0 Å². The molecule has 0 saturated heterocycles. The maximum Gasteiger partial charge on any atom is 0.316 e. The van der Waals surface area contributed by atoms with Crippen LogP contribution in [0.4, 0.5) is 4.79 Å². The molecule has 0 atom stereocenters. The molecule has 0 unspecified atom stereocenters. The monoisotopic (exact) mass is 420 g/mol. The van der Waals surface area contributed by atoms with Gasteiger partial charge in [-0.2, -0.15) is 0 Å². The van der Waals surface area contributed by atoms with Gasteiger partial charge in [0.25, 0.3) is 0 Å². The number of benzene rings is 1. The van der Waals surface area contributed by atoms with Gasteiger partial charge in [-0.05, 0) is 43.4 Å². The lowest BCUT2D eigenvalue weighted by Crippen LogP contribution is -2.44. The molecule has 2 N–H and O–H groups in total. The number of hydrogen-bond donors (Lipinski definition) is 2. The van der Waals surface area contributed by atoms with Crippen LogP contribution in [-0.2, 0) is 6.54 Å². The molecular weight excluding hydrogens is 396 g/mol. The number of ether oxygens (including phenoxy) is 3. The lowest BCUT2D eigenvalue weighted by molar-refractivity contribution is 0.129. The first-order valence-electron chi connectivity index (χ1n) is 9.47. The second kappa shape index (κ2) is 10.2. The second-order valence-corrected chi connectivity index (χ2v) is 7.23. The van der Waals surface area contributed by atoms with Crippen LogP contribution in [0.25, 0.3) is 0 Å². The van der Waals surface area contributed by atoms with E-state index in [2.05, 4.69) is 20.6 Å². The Bertz CT molecular complexity index is 811. The Kier molecular flexibility index (Phi) is 7.35. The van der Waals surface area contributed by atoms with Crippen LogP contribution in [0, 0.1) is 0 Å². The Hall–Kier alpha value is -2.74. The van der Waals surface area contributed by atoms with Crippen LogP contribution in [0.3, 0.4) is 0 Å². The molecule has 0 radical (unpaired) electrons. The molecule has 1 heterocycles. The molecule has 156 valence electrons. The Balaban J connectivity index is 1.40. The largest absolute Gasteiger partial charge is 0.493 e. The fourth-order valence-corrected chi connectivity index (χ4v) is 3.34. The second-order valence-electron chi connectivity index (χ2n) is 6.79. The third-order valence-electron chi connectivity index (χ3n) is 4.78. The lowest BCUT2D eigenvalue weighted by atomic mass is 9.93. The first-order chi connectivity index (χ1) is 14.1. The van der Waals surface area contributed by atoms with Crippen LogP contribution in [0.1, 0.15) is 31.2 Å². The number of carbonyl (C=O) groups excluding carboxylic acids is 1. The molecular formula is C20H25ClN4O4. The highest BCUT2D eigenvalue weighted by Gasteiger charge is 2.24. The summed E-state index contributed by atoms with van der Waals surface area (Å²) in [6, 6.07) is 5.82. The smallest absolute Gasteiger partial charge is 0.316 e. The molecule has 1 aliphatic carbocycles. The van der Waals surface area contributed by atoms with Crippen molar-refractivity contribution in [2.75, 3.05) is 14.2 Å². The van der Waals surface area contributed by atoms with Gasteiger partial charge in [-0.3, -0.25) is 0 Å². The van der Waals surface area contributed by atoms with E-state index in [1.807, 2.05) is 18.2 Å². The molecule has 8 nitrogen and oxygen atoms in total. The van der Waals surface area contributed by atoms with Crippen LogP contribution < -0.4 is 24.8 Å². The summed E-state index contributed by atoms with van der Waals surface area (Å²) >= 11 is 5.78. The molecule has 1 fully saturated rings. The predicted octanol–water partition coefficient (Wildman–Crippen LogP) is 3.34. The van der Waals surface area contributed by atoms with Gasteiger partial charge in [0.2, 0.25) is 0 Å². The van der Waals surface area contributed by atoms with Crippen molar-refractivity contribution in [3.05, 3.63) is 41.2 Å². The van der Waals surface area contributed by atoms with Crippen LogP contribution in [0.2, 0.25) is 5.02 Å². The number of carbonyl (C=O) groups is 1. The summed E-state index contributed by atoms with van der Waals surface area (Å²) in [4.78, 5) is 20.3. The SMILES string of the molecule is COc1ccc(CNC(=O)NC2CCC(Oc3ncc(Cl)cn3)CC2)cc1OC. The van der Waals surface area contributed by atoms with Crippen molar-refractivity contribution in [3.8, 4) is 17.5 Å². The third-order valence-corrected chi connectivity index (χ3v) is 4.97. The van der Waals surface area contributed by atoms with Crippen molar-refractivity contribution in [1.82, 2.24) is 20.6 Å². The average molecular weight is 421 g/mol. The van der Waals surface area contributed by atoms with Crippen molar-refractivity contribution in [2.24, 2.45) is 0 Å². The van der Waals surface area contributed by atoms with Crippen LogP contribution in [-0.4, -0.2) is 42.4 Å². The van der Waals surface area contributed by atoms with Gasteiger partial charge in [-0.25, -0.2) is 14.8 Å². The molecule has 0 spiro atoms. The van der Waals surface area contributed by atoms with Crippen molar-refractivity contribution in [2.45, 2.75) is 44.4 Å². The number of halogens is 1. The minimum absolute atomic E-state index is 0.0454. The van der Waals surface area contributed by atoms with Gasteiger partial charge >= 0.3 is 12.0 Å². The van der Waals surface area contributed by atoms with Crippen molar-refractivity contribution >= 4 is 17.6 Å². The molecule has 1 aromatic heterocycles. The third kappa shape index (κ3) is 6.12. The van der Waals surface area contributed by atoms with Crippen molar-refractivity contribution in [3.63, 3.8) is 0 Å². The standard InChI is InChI=1S/C20H25ClN4O4/c1-27-17-8-3-13(9-18(17)28-2)10-22-19(26)25-15-4-6-16(7-5-15)29-20-23-11-14(21)12-24-20/h3,8-9,11-12,15-16H,4-7,10H2,1-2H3,(H2,22,25,26). The highest BCUT2D eigenvalue weighted by molar-refractivity contribution is 6.30. The molecule has 9 heteroatoms. The van der Waals surface area contributed by atoms with E-state index in [0.29, 0.717) is 29.1 Å². The van der Waals surface area contributed by atoms with Crippen LogP contribution in [0.5, 0.6) is 17.5 Å². The van der Waals surface area contributed by atoms with Gasteiger partial charge in [0, 0.05) is 12.6 Å². The number of nitrogens with one attached hydrogen (secondary N) is 2. The normalized spacial score (nSPS) is 18.6. The summed E-state index contributed by atoms with van der Waals surface area (Å²) in [5.74, 6) is 1.29. The highest BCUT2D eigenvalue weighted by Crippen LogP contribution is 2.27. The summed E-state index contributed by atoms with van der Waals surface area (Å²) in [6.07, 6.45) is 6.40. The van der Waals surface area contributed by atoms with Crippen molar-refractivity contribution < 1.29 is 19.0 Å². The molecule has 1 aromatic carbocycles. The first-order valence-corrected chi connectivity index (χ1v) is 9.84. The average Bonchev–Trinajstić information content (AvgIpc) is 2.75. The molecule has 3 rings (SSSR count). The Morgan fingerprint density at radius 2 is 1.79 bits per heavy atom. The zero-order chi connectivity index (χ0) is 20.6. The first kappa shape index (κ1) is 21.0. The number of nitrogens with zero attached hydrogens (tertiary/aromatic N) is 2. The minimum Gasteiger partial charge on any atom is -0.493 e. The molecule has 2 amide bonds. The minimum atomic E-state index is -0.190. The van der Waals surface area contributed by atoms with Gasteiger partial charge in [0.15, 0.2) is 11.5 Å². The summed E-state index contributed by atoms with van der Waals surface area (Å²) in [6.45, 7) is 0.401. The van der Waals surface area contributed by atoms with Gasteiger partial charge in [0.1, 0.15) is 6.10 Å². The van der Waals surface area contributed by atoms with Crippen LogP contribution >= 0.6 is 11.6 Å². The van der Waals surface area contributed by atoms with E-state index in [9.17, 15) is 4.79 Å². The fourth-order valence-electron chi connectivity index (χ4n) is 3.24.